The van der Waals surface area contributed by atoms with Gasteiger partial charge < -0.3 is 5.11 Å². The summed E-state index contributed by atoms with van der Waals surface area (Å²) in [5.74, 6) is -1.03. The number of carboxylic acid groups (broad SMARTS) is 1. The predicted octanol–water partition coefficient (Wildman–Crippen LogP) is 3.59. The van der Waals surface area contributed by atoms with E-state index in [0.29, 0.717) is 27.0 Å². The molecule has 0 aliphatic heterocycles. The predicted molar refractivity (Wildman–Crippen MR) is 75.0 cm³/mol. The van der Waals surface area contributed by atoms with E-state index in [1.54, 1.807) is 36.0 Å². The Labute approximate surface area is 119 Å². The highest BCUT2D eigenvalue weighted by molar-refractivity contribution is 6.33. The molecule has 0 atom stereocenters. The van der Waals surface area contributed by atoms with Gasteiger partial charge in [0.2, 0.25) is 0 Å². The van der Waals surface area contributed by atoms with Crippen LogP contribution in [0, 0.1) is 6.92 Å². The first-order valence-electron chi connectivity index (χ1n) is 5.40. The SMILES string of the molecule is Cc1nn(-c2c(Cl)cccc2/C=C/C(=O)O)cc1Cl. The number of rotatable bonds is 3. The van der Waals surface area contributed by atoms with E-state index in [1.807, 2.05) is 0 Å². The fourth-order valence-corrected chi connectivity index (χ4v) is 2.02. The average Bonchev–Trinajstić information content (AvgIpc) is 2.66. The van der Waals surface area contributed by atoms with Crippen molar-refractivity contribution in [2.24, 2.45) is 0 Å². The topological polar surface area (TPSA) is 55.1 Å². The molecule has 1 aromatic carbocycles. The van der Waals surface area contributed by atoms with Gasteiger partial charge in [0.05, 0.1) is 21.4 Å². The molecule has 19 heavy (non-hydrogen) atoms. The average molecular weight is 297 g/mol. The van der Waals surface area contributed by atoms with Gasteiger partial charge in [-0.1, -0.05) is 35.3 Å². The van der Waals surface area contributed by atoms with Gasteiger partial charge in [-0.25, -0.2) is 9.48 Å². The molecule has 6 heteroatoms. The summed E-state index contributed by atoms with van der Waals surface area (Å²) in [5.41, 5.74) is 1.92. The number of para-hydroxylation sites is 1. The third-order valence-electron chi connectivity index (χ3n) is 2.49. The van der Waals surface area contributed by atoms with Crippen molar-refractivity contribution in [3.63, 3.8) is 0 Å². The van der Waals surface area contributed by atoms with Crippen LogP contribution < -0.4 is 0 Å². The minimum Gasteiger partial charge on any atom is -0.478 e. The van der Waals surface area contributed by atoms with Crippen LogP contribution in [0.1, 0.15) is 11.3 Å². The molecule has 0 bridgehead atoms. The molecule has 0 spiro atoms. The van der Waals surface area contributed by atoms with E-state index in [4.69, 9.17) is 28.3 Å². The lowest BCUT2D eigenvalue weighted by atomic mass is 10.1. The molecule has 2 rings (SSSR count). The third kappa shape index (κ3) is 2.97. The molecule has 1 N–H and O–H groups in total. The van der Waals surface area contributed by atoms with Crippen LogP contribution in [0.15, 0.2) is 30.5 Å². The van der Waals surface area contributed by atoms with Gasteiger partial charge in [0.25, 0.3) is 0 Å². The molecule has 1 aromatic heterocycles. The summed E-state index contributed by atoms with van der Waals surface area (Å²) in [6.07, 6.45) is 4.15. The summed E-state index contributed by atoms with van der Waals surface area (Å²) in [6, 6.07) is 5.21. The van der Waals surface area contributed by atoms with Crippen LogP contribution in [0.25, 0.3) is 11.8 Å². The number of hydrogen-bond donors (Lipinski definition) is 1. The lowest BCUT2D eigenvalue weighted by Crippen LogP contribution is -1.99. The molecule has 1 heterocycles. The van der Waals surface area contributed by atoms with Gasteiger partial charge in [-0.15, -0.1) is 0 Å². The second-order valence-corrected chi connectivity index (χ2v) is 4.67. The zero-order valence-electron chi connectivity index (χ0n) is 9.97. The Bertz CT molecular complexity index is 643. The van der Waals surface area contributed by atoms with Crippen molar-refractivity contribution in [1.29, 1.82) is 0 Å². The first kappa shape index (κ1) is 13.6. The summed E-state index contributed by atoms with van der Waals surface area (Å²) < 4.78 is 1.54. The maximum absolute atomic E-state index is 10.6. The molecule has 98 valence electrons. The number of carboxylic acids is 1. The lowest BCUT2D eigenvalue weighted by Gasteiger charge is -2.08. The smallest absolute Gasteiger partial charge is 0.328 e. The lowest BCUT2D eigenvalue weighted by molar-refractivity contribution is -0.131. The van der Waals surface area contributed by atoms with Crippen LogP contribution in [0.5, 0.6) is 0 Å². The normalized spacial score (nSPS) is 11.1. The number of hydrogen-bond acceptors (Lipinski definition) is 2. The second kappa shape index (κ2) is 5.47. The summed E-state index contributed by atoms with van der Waals surface area (Å²) in [4.78, 5) is 10.6. The zero-order valence-corrected chi connectivity index (χ0v) is 11.5. The van der Waals surface area contributed by atoms with Crippen LogP contribution in [0.4, 0.5) is 0 Å². The Morgan fingerprint density at radius 1 is 1.37 bits per heavy atom. The highest BCUT2D eigenvalue weighted by Crippen LogP contribution is 2.27. The van der Waals surface area contributed by atoms with Crippen molar-refractivity contribution in [2.75, 3.05) is 0 Å². The number of nitrogens with zero attached hydrogens (tertiary/aromatic N) is 2. The van der Waals surface area contributed by atoms with E-state index < -0.39 is 5.97 Å². The van der Waals surface area contributed by atoms with E-state index in [0.717, 1.165) is 6.08 Å². The van der Waals surface area contributed by atoms with Gasteiger partial charge in [0.1, 0.15) is 0 Å². The van der Waals surface area contributed by atoms with Crippen molar-refractivity contribution in [1.82, 2.24) is 9.78 Å². The Kier molecular flexibility index (Phi) is 3.93. The first-order chi connectivity index (χ1) is 8.99. The van der Waals surface area contributed by atoms with Gasteiger partial charge in [-0.2, -0.15) is 5.10 Å². The molecule has 0 aliphatic rings. The summed E-state index contributed by atoms with van der Waals surface area (Å²) in [7, 11) is 0. The largest absolute Gasteiger partial charge is 0.478 e. The molecule has 0 fully saturated rings. The van der Waals surface area contributed by atoms with Crippen LogP contribution in [0.2, 0.25) is 10.0 Å². The van der Waals surface area contributed by atoms with Crippen LogP contribution in [-0.4, -0.2) is 20.9 Å². The Morgan fingerprint density at radius 3 is 2.68 bits per heavy atom. The second-order valence-electron chi connectivity index (χ2n) is 3.86. The van der Waals surface area contributed by atoms with Crippen molar-refractivity contribution in [3.05, 3.63) is 51.8 Å². The van der Waals surface area contributed by atoms with Crippen molar-refractivity contribution in [3.8, 4) is 5.69 Å². The molecule has 0 radical (unpaired) electrons. The molecule has 0 aliphatic carbocycles. The fraction of sp³-hybridized carbons (Fsp3) is 0.0769. The van der Waals surface area contributed by atoms with Crippen LogP contribution >= 0.6 is 23.2 Å². The molecular weight excluding hydrogens is 287 g/mol. The minimum atomic E-state index is -1.03. The monoisotopic (exact) mass is 296 g/mol. The number of aliphatic carboxylic acids is 1. The van der Waals surface area contributed by atoms with E-state index in [2.05, 4.69) is 5.10 Å². The minimum absolute atomic E-state index is 0.465. The highest BCUT2D eigenvalue weighted by atomic mass is 35.5. The number of benzene rings is 1. The molecule has 0 amide bonds. The van der Waals surface area contributed by atoms with E-state index >= 15 is 0 Å². The van der Waals surface area contributed by atoms with Crippen LogP contribution in [0.3, 0.4) is 0 Å². The first-order valence-corrected chi connectivity index (χ1v) is 6.16. The van der Waals surface area contributed by atoms with Gasteiger partial charge in [0, 0.05) is 17.8 Å². The molecule has 0 unspecified atom stereocenters. The highest BCUT2D eigenvalue weighted by Gasteiger charge is 2.11. The molecular formula is C13H10Cl2N2O2. The number of carbonyl (C=O) groups is 1. The quantitative estimate of drug-likeness (QED) is 0.881. The summed E-state index contributed by atoms with van der Waals surface area (Å²) >= 11 is 12.1. The van der Waals surface area contributed by atoms with Gasteiger partial charge in [-0.05, 0) is 19.1 Å². The van der Waals surface area contributed by atoms with Crippen molar-refractivity contribution < 1.29 is 9.90 Å². The molecule has 2 aromatic rings. The fourth-order valence-electron chi connectivity index (χ4n) is 1.62. The number of aryl methyl sites for hydroxylation is 1. The summed E-state index contributed by atoms with van der Waals surface area (Å²) in [5, 5.41) is 13.9. The van der Waals surface area contributed by atoms with Crippen molar-refractivity contribution >= 4 is 35.2 Å². The third-order valence-corrected chi connectivity index (χ3v) is 3.17. The number of halogens is 2. The molecule has 4 nitrogen and oxygen atoms in total. The molecule has 0 saturated heterocycles. The van der Waals surface area contributed by atoms with Gasteiger partial charge in [0.15, 0.2) is 0 Å². The van der Waals surface area contributed by atoms with Gasteiger partial charge in [-0.3, -0.25) is 0 Å². The van der Waals surface area contributed by atoms with Crippen LogP contribution in [-0.2, 0) is 4.79 Å². The van der Waals surface area contributed by atoms with E-state index in [-0.39, 0.29) is 0 Å². The zero-order chi connectivity index (χ0) is 14.0. The van der Waals surface area contributed by atoms with E-state index in [1.165, 1.54) is 6.08 Å². The maximum atomic E-state index is 10.6. The Balaban J connectivity index is 2.58. The maximum Gasteiger partial charge on any atom is 0.328 e. The number of aromatic nitrogens is 2. The summed E-state index contributed by atoms with van der Waals surface area (Å²) in [6.45, 7) is 1.78. The van der Waals surface area contributed by atoms with Gasteiger partial charge >= 0.3 is 5.97 Å². The standard InChI is InChI=1S/C13H10Cl2N2O2/c1-8-11(15)7-17(16-8)13-9(5-6-12(18)19)3-2-4-10(13)14/h2-7H,1H3,(H,18,19)/b6-5+. The van der Waals surface area contributed by atoms with Crippen molar-refractivity contribution in [2.45, 2.75) is 6.92 Å². The Morgan fingerprint density at radius 2 is 2.11 bits per heavy atom. The van der Waals surface area contributed by atoms with E-state index in [9.17, 15) is 4.79 Å². The Hall–Kier alpha value is -1.78. The molecule has 0 saturated carbocycles.